The number of nitriles is 2. The van der Waals surface area contributed by atoms with Crippen molar-refractivity contribution in [1.29, 1.82) is 10.5 Å². The molecule has 0 aromatic heterocycles. The Balaban J connectivity index is 0. The number of nitrogens with zero attached hydrogens (tertiary/aromatic N) is 4. The highest BCUT2D eigenvalue weighted by molar-refractivity contribution is 6.53. The quantitative estimate of drug-likeness (QED) is 0.324. The van der Waals surface area contributed by atoms with Crippen molar-refractivity contribution in [2.24, 2.45) is 0 Å². The molecule has 0 saturated carbocycles. The molecule has 0 aromatic carbocycles. The van der Waals surface area contributed by atoms with Gasteiger partial charge in [-0.1, -0.05) is 64.2 Å². The van der Waals surface area contributed by atoms with Crippen molar-refractivity contribution in [1.82, 2.24) is 9.80 Å². The second kappa shape index (κ2) is 23.0. The van der Waals surface area contributed by atoms with E-state index in [1.165, 1.54) is 102 Å². The largest absolute Gasteiger partial charge is 0.390 e. The summed E-state index contributed by atoms with van der Waals surface area (Å²) in [6, 6.07) is 0. The van der Waals surface area contributed by atoms with Gasteiger partial charge in [0.1, 0.15) is 0 Å². The van der Waals surface area contributed by atoms with E-state index in [1.54, 1.807) is 0 Å². The van der Waals surface area contributed by atoms with E-state index in [0.29, 0.717) is 0 Å². The van der Waals surface area contributed by atoms with Gasteiger partial charge in [0.25, 0.3) is 0 Å². The summed E-state index contributed by atoms with van der Waals surface area (Å²) in [5.41, 5.74) is 0. The molecule has 0 atom stereocenters. The molecule has 5 heteroatoms. The van der Waals surface area contributed by atoms with E-state index in [0.717, 1.165) is 7.28 Å². The van der Waals surface area contributed by atoms with Gasteiger partial charge in [0.15, 0.2) is 0 Å². The highest BCUT2D eigenvalue weighted by Crippen LogP contribution is 2.12. The Labute approximate surface area is 158 Å². The molecule has 0 N–H and O–H groups in total. The molecule has 0 fully saturated rings. The van der Waals surface area contributed by atoms with Gasteiger partial charge in [-0.15, -0.1) is 0 Å². The summed E-state index contributed by atoms with van der Waals surface area (Å²) in [6.45, 7) is 2.52. The zero-order chi connectivity index (χ0) is 19.2. The van der Waals surface area contributed by atoms with Gasteiger partial charge >= 0.3 is 7.28 Å². The fourth-order valence-corrected chi connectivity index (χ4v) is 2.65. The molecule has 0 rings (SSSR count). The van der Waals surface area contributed by atoms with Crippen LogP contribution >= 0.6 is 0 Å². The number of rotatable bonds is 15. The Hall–Kier alpha value is -1.04. The second-order valence-corrected chi connectivity index (χ2v) is 7.25. The molecule has 25 heavy (non-hydrogen) atoms. The second-order valence-electron chi connectivity index (χ2n) is 7.25. The smallest absolute Gasteiger partial charge is 0.309 e. The van der Waals surface area contributed by atoms with Crippen LogP contribution in [-0.4, -0.2) is 58.4 Å². The van der Waals surface area contributed by atoms with Crippen molar-refractivity contribution < 1.29 is 0 Å². The maximum Gasteiger partial charge on any atom is 0.390 e. The Bertz CT molecular complexity index is 300. The third-order valence-corrected chi connectivity index (χ3v) is 4.09. The van der Waals surface area contributed by atoms with Crippen molar-refractivity contribution in [2.45, 2.75) is 77.0 Å². The van der Waals surface area contributed by atoms with Gasteiger partial charge in [-0.2, -0.15) is 0 Å². The fourth-order valence-electron chi connectivity index (χ4n) is 2.65. The normalized spacial score (nSPS) is 10.1. The van der Waals surface area contributed by atoms with Crippen LogP contribution < -0.4 is 0 Å². The van der Waals surface area contributed by atoms with E-state index in [2.05, 4.69) is 38.0 Å². The van der Waals surface area contributed by atoms with Gasteiger partial charge in [-0.05, 0) is 54.1 Å². The topological polar surface area (TPSA) is 54.1 Å². The minimum Gasteiger partial charge on any atom is -0.309 e. The van der Waals surface area contributed by atoms with E-state index in [1.807, 2.05) is 0 Å². The molecule has 0 aliphatic heterocycles. The van der Waals surface area contributed by atoms with E-state index in [9.17, 15) is 0 Å². The van der Waals surface area contributed by atoms with Gasteiger partial charge in [-0.3, -0.25) is 0 Å². The van der Waals surface area contributed by atoms with E-state index < -0.39 is 0 Å². The molecule has 0 aromatic rings. The third-order valence-electron chi connectivity index (χ3n) is 4.09. The van der Waals surface area contributed by atoms with Crippen molar-refractivity contribution >= 4 is 7.28 Å². The monoisotopic (exact) mass is 347 g/mol. The summed E-state index contributed by atoms with van der Waals surface area (Å²) >= 11 is 0. The van der Waals surface area contributed by atoms with E-state index in [-0.39, 0.29) is 0 Å². The summed E-state index contributed by atoms with van der Waals surface area (Å²) < 4.78 is 0. The molecule has 0 heterocycles. The minimum absolute atomic E-state index is 0.861. The Morgan fingerprint density at radius 1 is 0.520 bits per heavy atom. The van der Waals surface area contributed by atoms with Crippen molar-refractivity contribution in [3.8, 4) is 11.9 Å². The van der Waals surface area contributed by atoms with Crippen LogP contribution in [0.5, 0.6) is 0 Å². The summed E-state index contributed by atoms with van der Waals surface area (Å²) in [6.07, 6.45) is 17.2. The van der Waals surface area contributed by atoms with Crippen molar-refractivity contribution in [2.75, 3.05) is 41.3 Å². The lowest BCUT2D eigenvalue weighted by atomic mass is 9.85. The van der Waals surface area contributed by atoms with Gasteiger partial charge in [0.05, 0.1) is 0 Å². The first-order valence-corrected chi connectivity index (χ1v) is 9.95. The summed E-state index contributed by atoms with van der Waals surface area (Å²) in [4.78, 5) is 4.58. The fraction of sp³-hybridized carbons (Fsp3) is 0.900. The van der Waals surface area contributed by atoms with Crippen molar-refractivity contribution in [3.63, 3.8) is 0 Å². The number of hydrogen-bond acceptors (Lipinski definition) is 4. The molecule has 0 aliphatic rings. The van der Waals surface area contributed by atoms with Crippen LogP contribution in [0.4, 0.5) is 0 Å². The lowest BCUT2D eigenvalue weighted by Gasteiger charge is -2.09. The lowest BCUT2D eigenvalue weighted by Crippen LogP contribution is -2.12. The predicted molar refractivity (Wildman–Crippen MR) is 109 cm³/mol. The average molecular weight is 347 g/mol. The SMILES string of the molecule is CN(C)CCCCCCCCCCCCCCN(C)C.N#C[B]C#N. The Morgan fingerprint density at radius 2 is 0.760 bits per heavy atom. The molecule has 0 unspecified atom stereocenters. The van der Waals surface area contributed by atoms with Crippen LogP contribution in [0.3, 0.4) is 0 Å². The van der Waals surface area contributed by atoms with Crippen LogP contribution in [-0.2, 0) is 0 Å². The molecule has 4 nitrogen and oxygen atoms in total. The zero-order valence-electron chi connectivity index (χ0n) is 17.3. The molecule has 0 saturated heterocycles. The van der Waals surface area contributed by atoms with Gasteiger partial charge < -0.3 is 9.80 Å². The third kappa shape index (κ3) is 31.3. The molecule has 143 valence electrons. The van der Waals surface area contributed by atoms with Crippen molar-refractivity contribution in [3.05, 3.63) is 0 Å². The molecule has 0 spiro atoms. The highest BCUT2D eigenvalue weighted by atomic mass is 15.0. The number of hydrogen-bond donors (Lipinski definition) is 0. The molecular weight excluding hydrogens is 307 g/mol. The average Bonchev–Trinajstić information content (AvgIpc) is 2.56. The maximum absolute atomic E-state index is 7.54. The number of unbranched alkanes of at least 4 members (excludes halogenated alkanes) is 11. The van der Waals surface area contributed by atoms with Crippen LogP contribution in [0.25, 0.3) is 0 Å². The van der Waals surface area contributed by atoms with Gasteiger partial charge in [-0.25, -0.2) is 10.5 Å². The molecule has 1 radical (unpaired) electrons. The summed E-state index contributed by atoms with van der Waals surface area (Å²) in [7, 11) is 9.53. The standard InChI is InChI=1S/C18H40N2.C2BN2/c1-19(2)17-15-13-11-9-7-5-6-8-10-12-14-16-18-20(3)4;4-1-3-2-5/h5-18H2,1-4H3;. The first-order valence-electron chi connectivity index (χ1n) is 9.95. The predicted octanol–water partition coefficient (Wildman–Crippen LogP) is 4.44. The van der Waals surface area contributed by atoms with Gasteiger partial charge in [0, 0.05) is 11.9 Å². The minimum atomic E-state index is 0.861. The maximum atomic E-state index is 7.54. The van der Waals surface area contributed by atoms with Crippen LogP contribution in [0, 0.1) is 22.5 Å². The highest BCUT2D eigenvalue weighted by Gasteiger charge is 1.95. The zero-order valence-corrected chi connectivity index (χ0v) is 17.3. The Morgan fingerprint density at radius 3 is 0.920 bits per heavy atom. The van der Waals surface area contributed by atoms with E-state index >= 15 is 0 Å². The summed E-state index contributed by atoms with van der Waals surface area (Å²) in [5, 5.41) is 15.1. The first-order chi connectivity index (χ1) is 12.0. The lowest BCUT2D eigenvalue weighted by molar-refractivity contribution is 0.387. The molecule has 0 bridgehead atoms. The van der Waals surface area contributed by atoms with Gasteiger partial charge in [0.2, 0.25) is 0 Å². The molecular formula is C20H40BN4. The Kier molecular flexibility index (Phi) is 24.1. The van der Waals surface area contributed by atoms with E-state index in [4.69, 9.17) is 10.5 Å². The van der Waals surface area contributed by atoms with Crippen LogP contribution in [0.1, 0.15) is 77.0 Å². The molecule has 0 aliphatic carbocycles. The van der Waals surface area contributed by atoms with Crippen LogP contribution in [0.15, 0.2) is 0 Å². The first kappa shape index (κ1) is 26.2. The molecule has 0 amide bonds. The van der Waals surface area contributed by atoms with Crippen LogP contribution in [0.2, 0.25) is 0 Å². The summed E-state index contributed by atoms with van der Waals surface area (Å²) in [5.74, 6) is 3.06.